The van der Waals surface area contributed by atoms with Gasteiger partial charge < -0.3 is 9.73 Å². The van der Waals surface area contributed by atoms with Crippen LogP contribution in [0.15, 0.2) is 65.1 Å². The molecule has 1 aliphatic rings. The maximum atomic E-state index is 9.42. The van der Waals surface area contributed by atoms with E-state index in [-0.39, 0.29) is 0 Å². The van der Waals surface area contributed by atoms with Crippen molar-refractivity contribution < 1.29 is 4.42 Å². The maximum Gasteiger partial charge on any atom is 0.158 e. The molecule has 3 heteroatoms. The first-order chi connectivity index (χ1) is 13.8. The molecule has 1 N–H and O–H groups in total. The van der Waals surface area contributed by atoms with Gasteiger partial charge in [-0.05, 0) is 42.5 Å². The fourth-order valence-electron chi connectivity index (χ4n) is 4.53. The number of furan rings is 1. The topological polar surface area (TPSA) is 49.0 Å². The largest absolute Gasteiger partial charge is 0.452 e. The van der Waals surface area contributed by atoms with Gasteiger partial charge in [-0.1, -0.05) is 61.7 Å². The number of hydrogen-bond acceptors (Lipinski definition) is 3. The van der Waals surface area contributed by atoms with Gasteiger partial charge in [0.15, 0.2) is 11.2 Å². The molecule has 3 nitrogen and oxygen atoms in total. The zero-order valence-electron chi connectivity index (χ0n) is 15.7. The summed E-state index contributed by atoms with van der Waals surface area (Å²) in [6, 6.07) is 22.7. The van der Waals surface area contributed by atoms with Crippen LogP contribution in [0.25, 0.3) is 21.9 Å². The third-order valence-corrected chi connectivity index (χ3v) is 5.92. The predicted molar refractivity (Wildman–Crippen MR) is 114 cm³/mol. The van der Waals surface area contributed by atoms with Crippen LogP contribution in [0.3, 0.4) is 0 Å². The molecule has 1 aromatic heterocycles. The molecule has 0 saturated heterocycles. The second-order valence-electron chi connectivity index (χ2n) is 7.63. The number of para-hydroxylation sites is 3. The Hall–Kier alpha value is -3.25. The minimum atomic E-state index is 0.572. The maximum absolute atomic E-state index is 9.42. The fourth-order valence-corrected chi connectivity index (χ4v) is 4.53. The first kappa shape index (κ1) is 16.9. The molecule has 0 bridgehead atoms. The fraction of sp³-hybridized carbons (Fsp3) is 0.240. The van der Waals surface area contributed by atoms with Crippen molar-refractivity contribution >= 4 is 33.3 Å². The Morgan fingerprint density at radius 1 is 0.786 bits per heavy atom. The van der Waals surface area contributed by atoms with Crippen LogP contribution in [-0.2, 0) is 0 Å². The van der Waals surface area contributed by atoms with Gasteiger partial charge >= 0.3 is 0 Å². The number of hydrogen-bond donors (Lipinski definition) is 1. The molecule has 4 aromatic rings. The van der Waals surface area contributed by atoms with Gasteiger partial charge in [-0.2, -0.15) is 5.26 Å². The Bertz CT molecular complexity index is 1190. The second kappa shape index (κ2) is 7.05. The third-order valence-electron chi connectivity index (χ3n) is 5.92. The van der Waals surface area contributed by atoms with Crippen LogP contribution >= 0.6 is 0 Å². The zero-order chi connectivity index (χ0) is 18.9. The van der Waals surface area contributed by atoms with Crippen LogP contribution in [0, 0.1) is 11.3 Å². The van der Waals surface area contributed by atoms with Gasteiger partial charge in [0.1, 0.15) is 6.07 Å². The van der Waals surface area contributed by atoms with Crippen molar-refractivity contribution in [2.24, 2.45) is 0 Å². The van der Waals surface area contributed by atoms with Crippen LogP contribution in [-0.4, -0.2) is 0 Å². The summed E-state index contributed by atoms with van der Waals surface area (Å²) in [5.41, 5.74) is 5.53. The second-order valence-corrected chi connectivity index (χ2v) is 7.63. The van der Waals surface area contributed by atoms with Crippen LogP contribution in [0.4, 0.5) is 11.4 Å². The summed E-state index contributed by atoms with van der Waals surface area (Å²) in [5.74, 6) is 0.623. The summed E-state index contributed by atoms with van der Waals surface area (Å²) in [5, 5.41) is 15.1. The standard InChI is InChI=1S/C25H22N2O/c26-16-18-10-6-12-20-21-13-7-15-23(25(21)28-24(18)20)27-22-14-5-4-11-19(22)17-8-2-1-3-9-17/h4-7,10-15,17,27H,1-3,8-9H2. The predicted octanol–water partition coefficient (Wildman–Crippen LogP) is 7.25. The van der Waals surface area contributed by atoms with Crippen molar-refractivity contribution in [2.75, 3.05) is 5.32 Å². The molecule has 0 amide bonds. The van der Waals surface area contributed by atoms with Crippen LogP contribution in [0.1, 0.15) is 49.1 Å². The lowest BCUT2D eigenvalue weighted by molar-refractivity contribution is 0.444. The number of benzene rings is 3. The monoisotopic (exact) mass is 366 g/mol. The number of fused-ring (bicyclic) bond motifs is 3. The van der Waals surface area contributed by atoms with Gasteiger partial charge in [-0.25, -0.2) is 0 Å². The molecule has 0 aliphatic heterocycles. The van der Waals surface area contributed by atoms with E-state index in [4.69, 9.17) is 4.42 Å². The summed E-state index contributed by atoms with van der Waals surface area (Å²) in [4.78, 5) is 0. The van der Waals surface area contributed by atoms with E-state index >= 15 is 0 Å². The molecule has 1 heterocycles. The molecule has 0 atom stereocenters. The van der Waals surface area contributed by atoms with Gasteiger partial charge in [0.05, 0.1) is 11.3 Å². The molecule has 0 radical (unpaired) electrons. The van der Waals surface area contributed by atoms with E-state index in [2.05, 4.69) is 47.8 Å². The molecule has 3 aromatic carbocycles. The Kier molecular flexibility index (Phi) is 4.25. The van der Waals surface area contributed by atoms with Gasteiger partial charge in [-0.15, -0.1) is 0 Å². The minimum absolute atomic E-state index is 0.572. The highest BCUT2D eigenvalue weighted by atomic mass is 16.3. The lowest BCUT2D eigenvalue weighted by Gasteiger charge is -2.24. The number of nitrogens with zero attached hydrogens (tertiary/aromatic N) is 1. The highest BCUT2D eigenvalue weighted by molar-refractivity contribution is 6.10. The molecule has 5 rings (SSSR count). The summed E-state index contributed by atoms with van der Waals surface area (Å²) >= 11 is 0. The highest BCUT2D eigenvalue weighted by Crippen LogP contribution is 2.40. The first-order valence-corrected chi connectivity index (χ1v) is 10.1. The number of anilines is 2. The Balaban J connectivity index is 1.61. The average molecular weight is 366 g/mol. The lowest BCUT2D eigenvalue weighted by Crippen LogP contribution is -2.07. The van der Waals surface area contributed by atoms with Crippen LogP contribution in [0.5, 0.6) is 0 Å². The molecule has 1 fully saturated rings. The molecule has 0 spiro atoms. The minimum Gasteiger partial charge on any atom is -0.452 e. The van der Waals surface area contributed by atoms with Gasteiger partial charge in [0, 0.05) is 16.5 Å². The highest BCUT2D eigenvalue weighted by Gasteiger charge is 2.19. The number of rotatable bonds is 3. The van der Waals surface area contributed by atoms with Gasteiger partial charge in [0.25, 0.3) is 0 Å². The third kappa shape index (κ3) is 2.82. The van der Waals surface area contributed by atoms with E-state index < -0.39 is 0 Å². The molecule has 1 saturated carbocycles. The van der Waals surface area contributed by atoms with Crippen LogP contribution < -0.4 is 5.32 Å². The lowest BCUT2D eigenvalue weighted by atomic mass is 9.83. The smallest absolute Gasteiger partial charge is 0.158 e. The van der Waals surface area contributed by atoms with Crippen LogP contribution in [0.2, 0.25) is 0 Å². The van der Waals surface area contributed by atoms with Crippen molar-refractivity contribution in [3.8, 4) is 6.07 Å². The molecular weight excluding hydrogens is 344 g/mol. The van der Waals surface area contributed by atoms with E-state index in [1.807, 2.05) is 18.2 Å². The van der Waals surface area contributed by atoms with Crippen molar-refractivity contribution in [1.82, 2.24) is 0 Å². The van der Waals surface area contributed by atoms with Gasteiger partial charge in [-0.3, -0.25) is 0 Å². The summed E-state index contributed by atoms with van der Waals surface area (Å²) in [6.07, 6.45) is 6.51. The number of nitrogens with one attached hydrogen (secondary N) is 1. The molecule has 138 valence electrons. The van der Waals surface area contributed by atoms with Gasteiger partial charge in [0.2, 0.25) is 0 Å². The van der Waals surface area contributed by atoms with Crippen molar-refractivity contribution in [1.29, 1.82) is 5.26 Å². The van der Waals surface area contributed by atoms with Crippen molar-refractivity contribution in [3.05, 3.63) is 71.8 Å². The Morgan fingerprint density at radius 3 is 2.32 bits per heavy atom. The molecule has 1 aliphatic carbocycles. The van der Waals surface area contributed by atoms with E-state index in [1.165, 1.54) is 37.7 Å². The average Bonchev–Trinajstić information content (AvgIpc) is 3.15. The number of nitriles is 1. The Morgan fingerprint density at radius 2 is 1.50 bits per heavy atom. The van der Waals surface area contributed by atoms with E-state index in [0.717, 1.165) is 27.7 Å². The summed E-state index contributed by atoms with van der Waals surface area (Å²) in [6.45, 7) is 0. The van der Waals surface area contributed by atoms with E-state index in [0.29, 0.717) is 17.1 Å². The first-order valence-electron chi connectivity index (χ1n) is 10.1. The quantitative estimate of drug-likeness (QED) is 0.415. The summed E-state index contributed by atoms with van der Waals surface area (Å²) in [7, 11) is 0. The van der Waals surface area contributed by atoms with Crippen molar-refractivity contribution in [2.45, 2.75) is 38.0 Å². The van der Waals surface area contributed by atoms with E-state index in [1.54, 1.807) is 6.07 Å². The van der Waals surface area contributed by atoms with Crippen molar-refractivity contribution in [3.63, 3.8) is 0 Å². The summed E-state index contributed by atoms with van der Waals surface area (Å²) < 4.78 is 6.18. The SMILES string of the molecule is N#Cc1cccc2c1oc1c(Nc3ccccc3C3CCCCC3)cccc12. The molecular formula is C25H22N2O. The molecule has 28 heavy (non-hydrogen) atoms. The normalized spacial score (nSPS) is 15.0. The molecule has 0 unspecified atom stereocenters. The zero-order valence-corrected chi connectivity index (χ0v) is 15.7. The van der Waals surface area contributed by atoms with E-state index in [9.17, 15) is 5.26 Å². The Labute approximate surface area is 164 Å².